The van der Waals surface area contributed by atoms with E-state index in [4.69, 9.17) is 0 Å². The van der Waals surface area contributed by atoms with Gasteiger partial charge < -0.3 is 10.2 Å². The van der Waals surface area contributed by atoms with Gasteiger partial charge in [-0.3, -0.25) is 4.79 Å². The topological polar surface area (TPSA) is 32.3 Å². The van der Waals surface area contributed by atoms with Crippen LogP contribution in [0.2, 0.25) is 0 Å². The first-order chi connectivity index (χ1) is 5.34. The highest BCUT2D eigenvalue weighted by molar-refractivity contribution is 5.77. The summed E-state index contributed by atoms with van der Waals surface area (Å²) in [7, 11) is 0. The minimum atomic E-state index is 0.303. The summed E-state index contributed by atoms with van der Waals surface area (Å²) in [6.07, 6.45) is 1.85. The summed E-state index contributed by atoms with van der Waals surface area (Å²) in [5, 5.41) is 3.13. The number of hydrogen-bond donors (Lipinski definition) is 1. The molecule has 1 N–H and O–H groups in total. The van der Waals surface area contributed by atoms with Crippen molar-refractivity contribution in [2.24, 2.45) is 0 Å². The zero-order valence-corrected chi connectivity index (χ0v) is 7.10. The Kier molecular flexibility index (Phi) is 3.36. The normalized spacial score (nSPS) is 16.3. The molecule has 0 unspecified atom stereocenters. The SMILES string of the molecule is CCNCCC(=O)N1CCC1. The van der Waals surface area contributed by atoms with Gasteiger partial charge in [0.05, 0.1) is 0 Å². The molecule has 11 heavy (non-hydrogen) atoms. The number of carbonyl (C=O) groups is 1. The number of hydrogen-bond acceptors (Lipinski definition) is 2. The van der Waals surface area contributed by atoms with Crippen molar-refractivity contribution < 1.29 is 4.79 Å². The third-order valence-electron chi connectivity index (χ3n) is 1.97. The van der Waals surface area contributed by atoms with Gasteiger partial charge in [0.1, 0.15) is 0 Å². The van der Waals surface area contributed by atoms with Crippen molar-refractivity contribution in [1.82, 2.24) is 10.2 Å². The van der Waals surface area contributed by atoms with Crippen LogP contribution < -0.4 is 5.32 Å². The average Bonchev–Trinajstić information content (AvgIpc) is 1.84. The summed E-state index contributed by atoms with van der Waals surface area (Å²) in [6.45, 7) is 5.78. The summed E-state index contributed by atoms with van der Waals surface area (Å²) in [5.41, 5.74) is 0. The molecule has 1 heterocycles. The molecule has 1 aliphatic rings. The fourth-order valence-corrected chi connectivity index (χ4v) is 1.10. The van der Waals surface area contributed by atoms with Gasteiger partial charge in [-0.15, -0.1) is 0 Å². The molecule has 3 nitrogen and oxygen atoms in total. The summed E-state index contributed by atoms with van der Waals surface area (Å²) in [6, 6.07) is 0. The first-order valence-corrected chi connectivity index (χ1v) is 4.33. The number of likely N-dealkylation sites (tertiary alicyclic amines) is 1. The van der Waals surface area contributed by atoms with Gasteiger partial charge in [0.25, 0.3) is 0 Å². The van der Waals surface area contributed by atoms with E-state index >= 15 is 0 Å². The summed E-state index contributed by atoms with van der Waals surface area (Å²) < 4.78 is 0. The Morgan fingerprint density at radius 2 is 2.27 bits per heavy atom. The molecule has 0 saturated carbocycles. The van der Waals surface area contributed by atoms with Crippen molar-refractivity contribution in [3.63, 3.8) is 0 Å². The van der Waals surface area contributed by atoms with E-state index < -0.39 is 0 Å². The minimum absolute atomic E-state index is 0.303. The lowest BCUT2D eigenvalue weighted by Gasteiger charge is -2.30. The molecule has 0 aromatic heterocycles. The van der Waals surface area contributed by atoms with Crippen LogP contribution in [0.15, 0.2) is 0 Å². The average molecular weight is 156 g/mol. The summed E-state index contributed by atoms with van der Waals surface area (Å²) >= 11 is 0. The second-order valence-corrected chi connectivity index (χ2v) is 2.84. The second-order valence-electron chi connectivity index (χ2n) is 2.84. The van der Waals surface area contributed by atoms with Crippen molar-refractivity contribution in [2.45, 2.75) is 19.8 Å². The monoisotopic (exact) mass is 156 g/mol. The largest absolute Gasteiger partial charge is 0.343 e. The maximum atomic E-state index is 11.2. The van der Waals surface area contributed by atoms with Gasteiger partial charge in [-0.25, -0.2) is 0 Å². The second kappa shape index (κ2) is 4.34. The van der Waals surface area contributed by atoms with Crippen LogP contribution in [-0.2, 0) is 4.79 Å². The van der Waals surface area contributed by atoms with Crippen LogP contribution in [0, 0.1) is 0 Å². The maximum Gasteiger partial charge on any atom is 0.223 e. The number of nitrogens with one attached hydrogen (secondary N) is 1. The van der Waals surface area contributed by atoms with E-state index in [-0.39, 0.29) is 0 Å². The zero-order valence-electron chi connectivity index (χ0n) is 7.10. The van der Waals surface area contributed by atoms with Gasteiger partial charge in [0.2, 0.25) is 5.91 Å². The van der Waals surface area contributed by atoms with Crippen LogP contribution in [0.4, 0.5) is 0 Å². The standard InChI is InChI=1S/C8H16N2O/c1-2-9-5-4-8(11)10-6-3-7-10/h9H,2-7H2,1H3. The molecule has 0 aromatic rings. The van der Waals surface area contributed by atoms with Gasteiger partial charge in [0, 0.05) is 26.1 Å². The van der Waals surface area contributed by atoms with Crippen molar-refractivity contribution in [1.29, 1.82) is 0 Å². The van der Waals surface area contributed by atoms with E-state index in [0.717, 1.165) is 26.2 Å². The van der Waals surface area contributed by atoms with E-state index in [2.05, 4.69) is 5.32 Å². The molecule has 1 saturated heterocycles. The molecule has 64 valence electrons. The van der Waals surface area contributed by atoms with E-state index in [0.29, 0.717) is 12.3 Å². The molecule has 1 fully saturated rings. The Morgan fingerprint density at radius 1 is 1.55 bits per heavy atom. The van der Waals surface area contributed by atoms with Gasteiger partial charge >= 0.3 is 0 Å². The van der Waals surface area contributed by atoms with Gasteiger partial charge in [-0.2, -0.15) is 0 Å². The van der Waals surface area contributed by atoms with E-state index in [1.807, 2.05) is 11.8 Å². The summed E-state index contributed by atoms with van der Waals surface area (Å²) in [4.78, 5) is 13.1. The van der Waals surface area contributed by atoms with E-state index in [1.165, 1.54) is 6.42 Å². The maximum absolute atomic E-state index is 11.2. The highest BCUT2D eigenvalue weighted by Crippen LogP contribution is 2.06. The number of nitrogens with zero attached hydrogens (tertiary/aromatic N) is 1. The van der Waals surface area contributed by atoms with Gasteiger partial charge in [-0.05, 0) is 13.0 Å². The molecule has 0 aliphatic carbocycles. The number of carbonyl (C=O) groups excluding carboxylic acids is 1. The van der Waals surface area contributed by atoms with E-state index in [1.54, 1.807) is 0 Å². The van der Waals surface area contributed by atoms with Crippen molar-refractivity contribution >= 4 is 5.91 Å². The predicted molar refractivity (Wildman–Crippen MR) is 44.4 cm³/mol. The third-order valence-corrected chi connectivity index (χ3v) is 1.97. The van der Waals surface area contributed by atoms with Crippen LogP contribution in [0.25, 0.3) is 0 Å². The number of rotatable bonds is 4. The van der Waals surface area contributed by atoms with Crippen LogP contribution in [-0.4, -0.2) is 37.0 Å². The summed E-state index contributed by atoms with van der Waals surface area (Å²) in [5.74, 6) is 0.303. The molecular weight excluding hydrogens is 140 g/mol. The third kappa shape index (κ3) is 2.50. The Bertz CT molecular complexity index is 132. The Balaban J connectivity index is 2.01. The fourth-order valence-electron chi connectivity index (χ4n) is 1.10. The van der Waals surface area contributed by atoms with E-state index in [9.17, 15) is 4.79 Å². The minimum Gasteiger partial charge on any atom is -0.343 e. The van der Waals surface area contributed by atoms with Crippen molar-refractivity contribution in [3.05, 3.63) is 0 Å². The predicted octanol–water partition coefficient (Wildman–Crippen LogP) is 0.218. The number of amides is 1. The smallest absolute Gasteiger partial charge is 0.223 e. The zero-order chi connectivity index (χ0) is 8.10. The lowest BCUT2D eigenvalue weighted by atomic mass is 10.2. The van der Waals surface area contributed by atoms with Crippen LogP contribution in [0.5, 0.6) is 0 Å². The highest BCUT2D eigenvalue weighted by Gasteiger charge is 2.18. The molecule has 0 aromatic carbocycles. The Hall–Kier alpha value is -0.570. The molecule has 0 bridgehead atoms. The molecule has 1 rings (SSSR count). The molecule has 3 heteroatoms. The van der Waals surface area contributed by atoms with Gasteiger partial charge in [-0.1, -0.05) is 6.92 Å². The Morgan fingerprint density at radius 3 is 2.73 bits per heavy atom. The quantitative estimate of drug-likeness (QED) is 0.590. The molecule has 1 amide bonds. The first-order valence-electron chi connectivity index (χ1n) is 4.33. The first kappa shape index (κ1) is 8.53. The lowest BCUT2D eigenvalue weighted by Crippen LogP contribution is -2.42. The lowest BCUT2D eigenvalue weighted by molar-refractivity contribution is -0.134. The van der Waals surface area contributed by atoms with Crippen LogP contribution in [0.3, 0.4) is 0 Å². The molecular formula is C8H16N2O. The molecule has 0 spiro atoms. The van der Waals surface area contributed by atoms with Crippen LogP contribution >= 0.6 is 0 Å². The van der Waals surface area contributed by atoms with Crippen molar-refractivity contribution in [3.8, 4) is 0 Å². The fraction of sp³-hybridized carbons (Fsp3) is 0.875. The van der Waals surface area contributed by atoms with Gasteiger partial charge in [0.15, 0.2) is 0 Å². The highest BCUT2D eigenvalue weighted by atomic mass is 16.2. The Labute approximate surface area is 67.8 Å². The molecule has 1 aliphatic heterocycles. The molecule has 0 radical (unpaired) electrons. The molecule has 0 atom stereocenters. The van der Waals surface area contributed by atoms with Crippen LogP contribution in [0.1, 0.15) is 19.8 Å². The van der Waals surface area contributed by atoms with Crippen molar-refractivity contribution in [2.75, 3.05) is 26.2 Å².